The van der Waals surface area contributed by atoms with Crippen molar-refractivity contribution in [2.24, 2.45) is 0 Å². The fourth-order valence-corrected chi connectivity index (χ4v) is 5.57. The van der Waals surface area contributed by atoms with Gasteiger partial charge in [-0.25, -0.2) is 13.8 Å². The maximum Gasteiger partial charge on any atom is 0.301 e. The standard InChI is InChI=1S/C28H30F2N6O3S/c1-3-35(2)40(38,39)34-24-9-8-23(29)25(26(24)30)27(37)22-16-33-28-21(22)14-20(15-32-28)19-6-4-18(5-7-19)17-36-12-10-31-11-13-36/h4-9,14-16,31,34H,3,10-13,17H2,1-2H3,(H,32,33). The number of nitrogens with zero attached hydrogens (tertiary/aromatic N) is 3. The van der Waals surface area contributed by atoms with Crippen LogP contribution in [0.15, 0.2) is 54.9 Å². The first-order valence-electron chi connectivity index (χ1n) is 12.9. The lowest BCUT2D eigenvalue weighted by Gasteiger charge is -2.27. The fourth-order valence-electron chi connectivity index (χ4n) is 4.64. The molecule has 4 aromatic rings. The molecule has 0 spiro atoms. The van der Waals surface area contributed by atoms with Crippen molar-refractivity contribution < 1.29 is 22.0 Å². The molecular formula is C28H30F2N6O3S. The van der Waals surface area contributed by atoms with Gasteiger partial charge in [-0.3, -0.25) is 14.4 Å². The summed E-state index contributed by atoms with van der Waals surface area (Å²) in [5, 5.41) is 3.74. The topological polar surface area (TPSA) is 110 Å². The van der Waals surface area contributed by atoms with Gasteiger partial charge < -0.3 is 10.3 Å². The Morgan fingerprint density at radius 1 is 1.10 bits per heavy atom. The zero-order valence-electron chi connectivity index (χ0n) is 22.2. The summed E-state index contributed by atoms with van der Waals surface area (Å²) in [6, 6.07) is 11.6. The van der Waals surface area contributed by atoms with Crippen LogP contribution in [0, 0.1) is 11.6 Å². The summed E-state index contributed by atoms with van der Waals surface area (Å²) in [6.45, 7) is 6.55. The van der Waals surface area contributed by atoms with Gasteiger partial charge in [-0.15, -0.1) is 0 Å². The predicted molar refractivity (Wildman–Crippen MR) is 150 cm³/mol. The quantitative estimate of drug-likeness (QED) is 0.265. The maximum absolute atomic E-state index is 15.4. The lowest BCUT2D eigenvalue weighted by atomic mass is 9.99. The molecule has 0 unspecified atom stereocenters. The number of hydrogen-bond acceptors (Lipinski definition) is 6. The number of pyridine rings is 1. The average Bonchev–Trinajstić information content (AvgIpc) is 3.38. The first-order valence-corrected chi connectivity index (χ1v) is 14.4. The number of aromatic nitrogens is 2. The third-order valence-electron chi connectivity index (χ3n) is 7.09. The third-order valence-corrected chi connectivity index (χ3v) is 8.65. The Labute approximate surface area is 231 Å². The van der Waals surface area contributed by atoms with Crippen molar-refractivity contribution in [3.05, 3.63) is 83.2 Å². The van der Waals surface area contributed by atoms with E-state index in [1.54, 1.807) is 19.2 Å². The Balaban J connectivity index is 1.44. The highest BCUT2D eigenvalue weighted by Gasteiger charge is 2.27. The van der Waals surface area contributed by atoms with Crippen LogP contribution in [0.4, 0.5) is 14.5 Å². The van der Waals surface area contributed by atoms with E-state index in [4.69, 9.17) is 0 Å². The summed E-state index contributed by atoms with van der Waals surface area (Å²) < 4.78 is 58.0. The highest BCUT2D eigenvalue weighted by atomic mass is 32.2. The van der Waals surface area contributed by atoms with Gasteiger partial charge in [0.05, 0.1) is 11.3 Å². The summed E-state index contributed by atoms with van der Waals surface area (Å²) in [5.74, 6) is -3.33. The second-order valence-corrected chi connectivity index (χ2v) is 11.5. The lowest BCUT2D eigenvalue weighted by molar-refractivity contribution is 0.103. The van der Waals surface area contributed by atoms with E-state index in [1.807, 2.05) is 12.1 Å². The Hall–Kier alpha value is -3.71. The molecule has 12 heteroatoms. The van der Waals surface area contributed by atoms with Gasteiger partial charge in [0.15, 0.2) is 5.82 Å². The van der Waals surface area contributed by atoms with Crippen LogP contribution in [0.2, 0.25) is 0 Å². The molecule has 9 nitrogen and oxygen atoms in total. The Morgan fingerprint density at radius 2 is 1.82 bits per heavy atom. The molecule has 0 amide bonds. The monoisotopic (exact) mass is 568 g/mol. The molecule has 3 N–H and O–H groups in total. The molecule has 1 fully saturated rings. The van der Waals surface area contributed by atoms with Crippen LogP contribution in [-0.2, 0) is 16.8 Å². The van der Waals surface area contributed by atoms with Gasteiger partial charge in [0.1, 0.15) is 11.5 Å². The first-order chi connectivity index (χ1) is 19.2. The highest BCUT2D eigenvalue weighted by molar-refractivity contribution is 7.90. The molecular weight excluding hydrogens is 538 g/mol. The van der Waals surface area contributed by atoms with E-state index in [1.165, 1.54) is 18.8 Å². The predicted octanol–water partition coefficient (Wildman–Crippen LogP) is 3.75. The summed E-state index contributed by atoms with van der Waals surface area (Å²) in [6.07, 6.45) is 3.01. The first kappa shape index (κ1) is 27.8. The zero-order chi connectivity index (χ0) is 28.4. The molecule has 0 atom stereocenters. The SMILES string of the molecule is CCN(C)S(=O)(=O)Nc1ccc(F)c(C(=O)c2c[nH]c3ncc(-c4ccc(CN5CCNCC5)cc4)cc23)c1F. The molecule has 5 rings (SSSR count). The van der Waals surface area contributed by atoms with Crippen LogP contribution in [0.3, 0.4) is 0 Å². The van der Waals surface area contributed by atoms with Gasteiger partial charge >= 0.3 is 10.2 Å². The van der Waals surface area contributed by atoms with Gasteiger partial charge in [-0.2, -0.15) is 12.7 Å². The number of rotatable bonds is 9. The van der Waals surface area contributed by atoms with Crippen LogP contribution >= 0.6 is 0 Å². The van der Waals surface area contributed by atoms with Crippen molar-refractivity contribution in [3.63, 3.8) is 0 Å². The number of hydrogen-bond donors (Lipinski definition) is 3. The summed E-state index contributed by atoms with van der Waals surface area (Å²) in [4.78, 5) is 23.1. The number of anilines is 1. The number of benzene rings is 2. The van der Waals surface area contributed by atoms with E-state index < -0.39 is 38.9 Å². The molecule has 0 saturated carbocycles. The van der Waals surface area contributed by atoms with Crippen molar-refractivity contribution >= 4 is 32.7 Å². The van der Waals surface area contributed by atoms with Gasteiger partial charge in [-0.1, -0.05) is 31.2 Å². The van der Waals surface area contributed by atoms with Crippen molar-refractivity contribution in [2.45, 2.75) is 13.5 Å². The number of carbonyl (C=O) groups excluding carboxylic acids is 1. The molecule has 3 heterocycles. The summed E-state index contributed by atoms with van der Waals surface area (Å²) >= 11 is 0. The van der Waals surface area contributed by atoms with Crippen LogP contribution < -0.4 is 10.0 Å². The van der Waals surface area contributed by atoms with E-state index in [9.17, 15) is 17.6 Å². The Morgan fingerprint density at radius 3 is 2.52 bits per heavy atom. The van der Waals surface area contributed by atoms with E-state index >= 15 is 4.39 Å². The second-order valence-electron chi connectivity index (χ2n) is 9.68. The molecule has 1 saturated heterocycles. The summed E-state index contributed by atoms with van der Waals surface area (Å²) in [7, 11) is -2.78. The number of ketones is 1. The van der Waals surface area contributed by atoms with E-state index in [2.05, 4.69) is 37.0 Å². The summed E-state index contributed by atoms with van der Waals surface area (Å²) in [5.41, 5.74) is 1.82. The average molecular weight is 569 g/mol. The number of carbonyl (C=O) groups is 1. The van der Waals surface area contributed by atoms with Crippen molar-refractivity contribution in [1.82, 2.24) is 24.5 Å². The Bertz CT molecular complexity index is 1650. The minimum Gasteiger partial charge on any atom is -0.345 e. The molecule has 0 aliphatic carbocycles. The van der Waals surface area contributed by atoms with E-state index in [0.717, 1.165) is 60.3 Å². The molecule has 2 aromatic carbocycles. The highest BCUT2D eigenvalue weighted by Crippen LogP contribution is 2.30. The third kappa shape index (κ3) is 5.61. The van der Waals surface area contributed by atoms with Gasteiger partial charge in [0.25, 0.3) is 0 Å². The van der Waals surface area contributed by atoms with Crippen LogP contribution in [0.5, 0.6) is 0 Å². The lowest BCUT2D eigenvalue weighted by Crippen LogP contribution is -2.42. The smallest absolute Gasteiger partial charge is 0.301 e. The molecule has 0 radical (unpaired) electrons. The van der Waals surface area contributed by atoms with Crippen LogP contribution in [0.1, 0.15) is 28.4 Å². The molecule has 40 heavy (non-hydrogen) atoms. The number of halogens is 2. The maximum atomic E-state index is 15.4. The number of piperazine rings is 1. The van der Waals surface area contributed by atoms with Gasteiger partial charge in [0.2, 0.25) is 5.78 Å². The zero-order valence-corrected chi connectivity index (χ0v) is 23.0. The van der Waals surface area contributed by atoms with Gasteiger partial charge in [0, 0.05) is 75.2 Å². The molecule has 210 valence electrons. The van der Waals surface area contributed by atoms with E-state index in [-0.39, 0.29) is 12.1 Å². The van der Waals surface area contributed by atoms with Crippen molar-refractivity contribution in [2.75, 3.05) is 44.5 Å². The van der Waals surface area contributed by atoms with Crippen molar-refractivity contribution in [3.8, 4) is 11.1 Å². The van der Waals surface area contributed by atoms with Crippen LogP contribution in [-0.4, -0.2) is 73.1 Å². The number of fused-ring (bicyclic) bond motifs is 1. The minimum atomic E-state index is -4.09. The molecule has 1 aliphatic rings. The van der Waals surface area contributed by atoms with E-state index in [0.29, 0.717) is 11.0 Å². The minimum absolute atomic E-state index is 0.0168. The molecule has 2 aromatic heterocycles. The van der Waals surface area contributed by atoms with Crippen LogP contribution in [0.25, 0.3) is 22.2 Å². The van der Waals surface area contributed by atoms with Crippen molar-refractivity contribution in [1.29, 1.82) is 0 Å². The fraction of sp³-hybridized carbons (Fsp3) is 0.286. The number of nitrogens with one attached hydrogen (secondary N) is 3. The number of aromatic amines is 1. The molecule has 1 aliphatic heterocycles. The number of H-pyrrole nitrogens is 1. The molecule has 0 bridgehead atoms. The van der Waals surface area contributed by atoms with Gasteiger partial charge in [-0.05, 0) is 29.3 Å². The normalized spacial score (nSPS) is 14.6. The largest absolute Gasteiger partial charge is 0.345 e. The Kier molecular flexibility index (Phi) is 7.95. The second kappa shape index (κ2) is 11.4.